The van der Waals surface area contributed by atoms with Crippen molar-refractivity contribution in [3.05, 3.63) is 65.1 Å². The molecular weight excluding hydrogens is 326 g/mol. The molecular formula is C20H19N5O. The standard InChI is InChI=1S/C20H19N5O/c1-11-8-14-13(5-7-23-19(14)21)12(2)15(11)9-25-20(26)16-10-24-17-4-3-6-22-18(16)17/h3-8,10,24H,9H2,1-2H3,(H2,21,23)(H,25,26). The van der Waals surface area contributed by atoms with Crippen LogP contribution in [0.1, 0.15) is 27.0 Å². The van der Waals surface area contributed by atoms with Crippen molar-refractivity contribution in [1.82, 2.24) is 20.3 Å². The van der Waals surface area contributed by atoms with Crippen LogP contribution in [0, 0.1) is 13.8 Å². The zero-order valence-electron chi connectivity index (χ0n) is 14.6. The van der Waals surface area contributed by atoms with Crippen molar-refractivity contribution in [2.24, 2.45) is 0 Å². The van der Waals surface area contributed by atoms with Crippen LogP contribution in [0.25, 0.3) is 21.8 Å². The molecule has 0 unspecified atom stereocenters. The number of nitrogens with one attached hydrogen (secondary N) is 2. The Hall–Kier alpha value is -3.41. The van der Waals surface area contributed by atoms with Gasteiger partial charge in [-0.1, -0.05) is 0 Å². The Labute approximate surface area is 150 Å². The van der Waals surface area contributed by atoms with E-state index in [2.05, 4.69) is 20.3 Å². The number of aromatic nitrogens is 3. The van der Waals surface area contributed by atoms with Crippen LogP contribution < -0.4 is 11.1 Å². The number of amides is 1. The van der Waals surface area contributed by atoms with Gasteiger partial charge in [-0.15, -0.1) is 0 Å². The van der Waals surface area contributed by atoms with Gasteiger partial charge in [0.2, 0.25) is 0 Å². The maximum Gasteiger partial charge on any atom is 0.255 e. The fraction of sp³-hybridized carbons (Fsp3) is 0.150. The van der Waals surface area contributed by atoms with Crippen molar-refractivity contribution in [3.63, 3.8) is 0 Å². The molecule has 3 heterocycles. The smallest absolute Gasteiger partial charge is 0.255 e. The normalized spacial score (nSPS) is 11.2. The van der Waals surface area contributed by atoms with Crippen LogP contribution >= 0.6 is 0 Å². The Balaban J connectivity index is 1.65. The van der Waals surface area contributed by atoms with E-state index in [1.807, 2.05) is 38.1 Å². The van der Waals surface area contributed by atoms with Crippen LogP contribution in [0.3, 0.4) is 0 Å². The van der Waals surface area contributed by atoms with Crippen molar-refractivity contribution in [2.75, 3.05) is 5.73 Å². The number of nitrogens with zero attached hydrogens (tertiary/aromatic N) is 2. The molecule has 0 atom stereocenters. The number of nitrogen functional groups attached to an aromatic ring is 1. The lowest BCUT2D eigenvalue weighted by molar-refractivity contribution is 0.0952. The zero-order valence-corrected chi connectivity index (χ0v) is 14.6. The zero-order chi connectivity index (χ0) is 18.3. The van der Waals surface area contributed by atoms with Crippen LogP contribution in [0.2, 0.25) is 0 Å². The first kappa shape index (κ1) is 16.1. The number of hydrogen-bond acceptors (Lipinski definition) is 4. The van der Waals surface area contributed by atoms with Gasteiger partial charge in [-0.2, -0.15) is 0 Å². The number of aromatic amines is 1. The van der Waals surface area contributed by atoms with E-state index in [-0.39, 0.29) is 5.91 Å². The van der Waals surface area contributed by atoms with Crippen LogP contribution in [0.5, 0.6) is 0 Å². The molecule has 6 heteroatoms. The minimum absolute atomic E-state index is 0.150. The molecule has 3 aromatic heterocycles. The van der Waals surface area contributed by atoms with Crippen molar-refractivity contribution >= 4 is 33.5 Å². The maximum absolute atomic E-state index is 12.6. The maximum atomic E-state index is 12.6. The topological polar surface area (TPSA) is 96.7 Å². The van der Waals surface area contributed by atoms with E-state index >= 15 is 0 Å². The SMILES string of the molecule is Cc1cc2c(N)nccc2c(C)c1CNC(=O)c1c[nH]c2cccnc12. The Morgan fingerprint density at radius 3 is 2.88 bits per heavy atom. The number of rotatable bonds is 3. The summed E-state index contributed by atoms with van der Waals surface area (Å²) in [6.45, 7) is 4.51. The Morgan fingerprint density at radius 2 is 2.04 bits per heavy atom. The van der Waals surface area contributed by atoms with Gasteiger partial charge in [0, 0.05) is 30.5 Å². The third-order valence-electron chi connectivity index (χ3n) is 4.82. The summed E-state index contributed by atoms with van der Waals surface area (Å²) in [7, 11) is 0. The molecule has 26 heavy (non-hydrogen) atoms. The number of benzene rings is 1. The lowest BCUT2D eigenvalue weighted by Crippen LogP contribution is -2.23. The van der Waals surface area contributed by atoms with Gasteiger partial charge in [0.15, 0.2) is 0 Å². The third-order valence-corrected chi connectivity index (χ3v) is 4.82. The van der Waals surface area contributed by atoms with Gasteiger partial charge >= 0.3 is 0 Å². The number of carbonyl (C=O) groups excluding carboxylic acids is 1. The quantitative estimate of drug-likeness (QED) is 0.531. The highest BCUT2D eigenvalue weighted by molar-refractivity contribution is 6.05. The molecule has 0 aliphatic heterocycles. The van der Waals surface area contributed by atoms with Gasteiger partial charge in [0.25, 0.3) is 5.91 Å². The van der Waals surface area contributed by atoms with Gasteiger partial charge in [0.1, 0.15) is 11.3 Å². The van der Waals surface area contributed by atoms with Crippen molar-refractivity contribution < 1.29 is 4.79 Å². The monoisotopic (exact) mass is 345 g/mol. The van der Waals surface area contributed by atoms with E-state index in [0.29, 0.717) is 23.4 Å². The number of fused-ring (bicyclic) bond motifs is 2. The summed E-state index contributed by atoms with van der Waals surface area (Å²) >= 11 is 0. The number of H-pyrrole nitrogens is 1. The Morgan fingerprint density at radius 1 is 1.19 bits per heavy atom. The molecule has 4 rings (SSSR count). The highest BCUT2D eigenvalue weighted by Gasteiger charge is 2.15. The lowest BCUT2D eigenvalue weighted by Gasteiger charge is -2.14. The molecule has 6 nitrogen and oxygen atoms in total. The van der Waals surface area contributed by atoms with E-state index in [1.54, 1.807) is 18.6 Å². The molecule has 0 aliphatic carbocycles. The number of pyridine rings is 2. The molecule has 4 N–H and O–H groups in total. The van der Waals surface area contributed by atoms with Crippen LogP contribution in [-0.4, -0.2) is 20.9 Å². The first-order valence-electron chi connectivity index (χ1n) is 8.40. The third kappa shape index (κ3) is 2.56. The molecule has 0 spiro atoms. The van der Waals surface area contributed by atoms with Gasteiger partial charge in [-0.3, -0.25) is 9.78 Å². The summed E-state index contributed by atoms with van der Waals surface area (Å²) < 4.78 is 0. The summed E-state index contributed by atoms with van der Waals surface area (Å²) in [5.41, 5.74) is 11.3. The van der Waals surface area contributed by atoms with Gasteiger partial charge in [-0.05, 0) is 60.2 Å². The molecule has 0 saturated carbocycles. The molecule has 0 bridgehead atoms. The average molecular weight is 345 g/mol. The predicted molar refractivity (Wildman–Crippen MR) is 103 cm³/mol. The Bertz CT molecular complexity index is 1150. The summed E-state index contributed by atoms with van der Waals surface area (Å²) in [4.78, 5) is 24.2. The van der Waals surface area contributed by atoms with E-state index in [9.17, 15) is 4.79 Å². The highest BCUT2D eigenvalue weighted by atomic mass is 16.1. The van der Waals surface area contributed by atoms with Crippen LogP contribution in [-0.2, 0) is 6.54 Å². The average Bonchev–Trinajstić information content (AvgIpc) is 3.06. The van der Waals surface area contributed by atoms with E-state index in [4.69, 9.17) is 5.73 Å². The fourth-order valence-corrected chi connectivity index (χ4v) is 3.39. The summed E-state index contributed by atoms with van der Waals surface area (Å²) in [5, 5.41) is 5.01. The molecule has 0 saturated heterocycles. The molecule has 0 fully saturated rings. The van der Waals surface area contributed by atoms with E-state index in [1.165, 1.54) is 0 Å². The molecule has 4 aromatic rings. The fourth-order valence-electron chi connectivity index (χ4n) is 3.39. The lowest BCUT2D eigenvalue weighted by atomic mass is 9.96. The summed E-state index contributed by atoms with van der Waals surface area (Å²) in [5.74, 6) is 0.372. The summed E-state index contributed by atoms with van der Waals surface area (Å²) in [6, 6.07) is 7.72. The Kier molecular flexibility index (Phi) is 3.80. The highest BCUT2D eigenvalue weighted by Crippen LogP contribution is 2.28. The molecule has 1 aromatic carbocycles. The molecule has 0 radical (unpaired) electrons. The minimum Gasteiger partial charge on any atom is -0.383 e. The number of anilines is 1. The predicted octanol–water partition coefficient (Wildman–Crippen LogP) is 3.24. The minimum atomic E-state index is -0.150. The van der Waals surface area contributed by atoms with Gasteiger partial charge in [0.05, 0.1) is 11.1 Å². The number of nitrogens with two attached hydrogens (primary N) is 1. The first-order valence-corrected chi connectivity index (χ1v) is 8.40. The van der Waals surface area contributed by atoms with Crippen LogP contribution in [0.15, 0.2) is 42.9 Å². The summed E-state index contributed by atoms with van der Waals surface area (Å²) in [6.07, 6.45) is 5.09. The molecule has 0 aliphatic rings. The number of aryl methyl sites for hydroxylation is 2. The van der Waals surface area contributed by atoms with Gasteiger partial charge in [-0.25, -0.2) is 4.98 Å². The van der Waals surface area contributed by atoms with Crippen molar-refractivity contribution in [1.29, 1.82) is 0 Å². The second-order valence-corrected chi connectivity index (χ2v) is 6.37. The van der Waals surface area contributed by atoms with Crippen molar-refractivity contribution in [3.8, 4) is 0 Å². The second kappa shape index (κ2) is 6.15. The molecule has 130 valence electrons. The van der Waals surface area contributed by atoms with Crippen molar-refractivity contribution in [2.45, 2.75) is 20.4 Å². The second-order valence-electron chi connectivity index (χ2n) is 6.37. The van der Waals surface area contributed by atoms with E-state index in [0.717, 1.165) is 33.0 Å². The van der Waals surface area contributed by atoms with Crippen LogP contribution in [0.4, 0.5) is 5.82 Å². The van der Waals surface area contributed by atoms with Gasteiger partial charge < -0.3 is 16.0 Å². The molecule has 1 amide bonds. The number of hydrogen-bond donors (Lipinski definition) is 3. The first-order chi connectivity index (χ1) is 12.6. The number of carbonyl (C=O) groups is 1. The largest absolute Gasteiger partial charge is 0.383 e. The van der Waals surface area contributed by atoms with E-state index < -0.39 is 0 Å².